The first-order valence-corrected chi connectivity index (χ1v) is 9.74. The second-order valence-corrected chi connectivity index (χ2v) is 8.13. The predicted octanol–water partition coefficient (Wildman–Crippen LogP) is 0.671. The van der Waals surface area contributed by atoms with Gasteiger partial charge in [0.05, 0.1) is 16.5 Å². The largest absolute Gasteiger partial charge is 0.351 e. The van der Waals surface area contributed by atoms with E-state index in [4.69, 9.17) is 5.73 Å². The van der Waals surface area contributed by atoms with Crippen LogP contribution in [0, 0.1) is 0 Å². The minimum Gasteiger partial charge on any atom is -0.351 e. The molecule has 1 aliphatic rings. The van der Waals surface area contributed by atoms with E-state index in [0.29, 0.717) is 31.6 Å². The standard InChI is InChI=1S/C16H23N3O4S/c17-9-10-18-16(21)13-7-3-4-8-14(13)19-15(20)11-24(22,23)12-5-1-2-6-12/h3-4,7-8,12H,1-2,5-6,9-11,17H2,(H,18,21)(H,19,20). The number of nitrogens with two attached hydrogens (primary N) is 1. The SMILES string of the molecule is NCCNC(=O)c1ccccc1NC(=O)CS(=O)(=O)C1CCCC1. The third-order valence-corrected chi connectivity index (χ3v) is 6.17. The lowest BCUT2D eigenvalue weighted by Crippen LogP contribution is -2.32. The molecule has 1 fully saturated rings. The highest BCUT2D eigenvalue weighted by Crippen LogP contribution is 2.25. The first-order chi connectivity index (χ1) is 11.4. The molecule has 8 heteroatoms. The summed E-state index contributed by atoms with van der Waals surface area (Å²) in [5.41, 5.74) is 5.92. The Bertz CT molecular complexity index is 697. The van der Waals surface area contributed by atoms with Gasteiger partial charge in [-0.25, -0.2) is 8.42 Å². The Balaban J connectivity index is 2.05. The van der Waals surface area contributed by atoms with E-state index in [1.165, 1.54) is 0 Å². The zero-order valence-corrected chi connectivity index (χ0v) is 14.3. The summed E-state index contributed by atoms with van der Waals surface area (Å²) < 4.78 is 24.5. The summed E-state index contributed by atoms with van der Waals surface area (Å²) in [6.45, 7) is 0.622. The van der Waals surface area contributed by atoms with Gasteiger partial charge < -0.3 is 16.4 Å². The number of hydrogen-bond acceptors (Lipinski definition) is 5. The number of benzene rings is 1. The number of nitrogens with one attached hydrogen (secondary N) is 2. The fraction of sp³-hybridized carbons (Fsp3) is 0.500. The van der Waals surface area contributed by atoms with Gasteiger partial charge in [-0.1, -0.05) is 25.0 Å². The smallest absolute Gasteiger partial charge is 0.253 e. The molecule has 0 bridgehead atoms. The second-order valence-electron chi connectivity index (χ2n) is 5.85. The maximum atomic E-state index is 12.2. The number of carbonyl (C=O) groups is 2. The normalized spacial score (nSPS) is 15.2. The number of para-hydroxylation sites is 1. The van der Waals surface area contributed by atoms with Crippen LogP contribution in [0.1, 0.15) is 36.0 Å². The van der Waals surface area contributed by atoms with Crippen molar-refractivity contribution in [1.29, 1.82) is 0 Å². The molecule has 1 saturated carbocycles. The maximum absolute atomic E-state index is 12.2. The third kappa shape index (κ3) is 4.78. The van der Waals surface area contributed by atoms with E-state index in [2.05, 4.69) is 10.6 Å². The van der Waals surface area contributed by atoms with E-state index in [1.807, 2.05) is 0 Å². The molecule has 1 aliphatic carbocycles. The predicted molar refractivity (Wildman–Crippen MR) is 92.5 cm³/mol. The highest BCUT2D eigenvalue weighted by Gasteiger charge is 2.30. The summed E-state index contributed by atoms with van der Waals surface area (Å²) in [7, 11) is -3.46. The van der Waals surface area contributed by atoms with Crippen LogP contribution in [0.4, 0.5) is 5.69 Å². The Kier molecular flexibility index (Phi) is 6.33. The molecule has 0 atom stereocenters. The third-order valence-electron chi connectivity index (χ3n) is 4.02. The van der Waals surface area contributed by atoms with E-state index in [9.17, 15) is 18.0 Å². The number of sulfone groups is 1. The molecule has 0 saturated heterocycles. The summed E-state index contributed by atoms with van der Waals surface area (Å²) >= 11 is 0. The minimum absolute atomic E-state index is 0.276. The van der Waals surface area contributed by atoms with Crippen LogP contribution in [-0.4, -0.2) is 44.3 Å². The summed E-state index contributed by atoms with van der Waals surface area (Å²) in [5, 5.41) is 4.73. The quantitative estimate of drug-likeness (QED) is 0.666. The minimum atomic E-state index is -3.46. The average Bonchev–Trinajstić information content (AvgIpc) is 3.08. The van der Waals surface area contributed by atoms with Crippen molar-refractivity contribution < 1.29 is 18.0 Å². The van der Waals surface area contributed by atoms with Crippen LogP contribution in [0.2, 0.25) is 0 Å². The number of carbonyl (C=O) groups excluding carboxylic acids is 2. The molecule has 2 amide bonds. The van der Waals surface area contributed by atoms with Crippen molar-refractivity contribution in [3.8, 4) is 0 Å². The van der Waals surface area contributed by atoms with Gasteiger partial charge in [0, 0.05) is 13.1 Å². The van der Waals surface area contributed by atoms with Gasteiger partial charge in [-0.3, -0.25) is 9.59 Å². The number of rotatable bonds is 7. The summed E-state index contributed by atoms with van der Waals surface area (Å²) in [6, 6.07) is 6.47. The Hall–Kier alpha value is -1.93. The van der Waals surface area contributed by atoms with Crippen LogP contribution < -0.4 is 16.4 Å². The van der Waals surface area contributed by atoms with Crippen molar-refractivity contribution >= 4 is 27.3 Å². The van der Waals surface area contributed by atoms with Gasteiger partial charge in [0.15, 0.2) is 9.84 Å². The second kappa shape index (κ2) is 8.25. The van der Waals surface area contributed by atoms with Crippen molar-refractivity contribution in [1.82, 2.24) is 5.32 Å². The highest BCUT2D eigenvalue weighted by molar-refractivity contribution is 7.92. The zero-order chi connectivity index (χ0) is 17.6. The fourth-order valence-electron chi connectivity index (χ4n) is 2.81. The highest BCUT2D eigenvalue weighted by atomic mass is 32.2. The molecule has 1 aromatic carbocycles. The number of hydrogen-bond donors (Lipinski definition) is 3. The summed E-state index contributed by atoms with van der Waals surface area (Å²) in [6.07, 6.45) is 3.01. The van der Waals surface area contributed by atoms with Crippen LogP contribution in [0.5, 0.6) is 0 Å². The van der Waals surface area contributed by atoms with Gasteiger partial charge in [-0.15, -0.1) is 0 Å². The molecule has 24 heavy (non-hydrogen) atoms. The molecule has 0 aliphatic heterocycles. The molecule has 4 N–H and O–H groups in total. The molecule has 1 aromatic rings. The van der Waals surface area contributed by atoms with Crippen molar-refractivity contribution in [3.05, 3.63) is 29.8 Å². The maximum Gasteiger partial charge on any atom is 0.253 e. The van der Waals surface area contributed by atoms with Gasteiger partial charge in [0.25, 0.3) is 5.91 Å². The van der Waals surface area contributed by atoms with Gasteiger partial charge in [0.1, 0.15) is 5.75 Å². The Morgan fingerprint density at radius 3 is 2.50 bits per heavy atom. The van der Waals surface area contributed by atoms with E-state index in [0.717, 1.165) is 12.8 Å². The molecule has 0 spiro atoms. The molecule has 0 heterocycles. The molecule has 0 radical (unpaired) electrons. The van der Waals surface area contributed by atoms with Crippen LogP contribution in [0.15, 0.2) is 24.3 Å². The van der Waals surface area contributed by atoms with Gasteiger partial charge >= 0.3 is 0 Å². The van der Waals surface area contributed by atoms with Gasteiger partial charge in [0.2, 0.25) is 5.91 Å². The summed E-state index contributed by atoms with van der Waals surface area (Å²) in [4.78, 5) is 24.2. The number of anilines is 1. The molecule has 0 aromatic heterocycles. The number of amides is 2. The fourth-order valence-corrected chi connectivity index (χ4v) is 4.53. The monoisotopic (exact) mass is 353 g/mol. The van der Waals surface area contributed by atoms with E-state index < -0.39 is 26.7 Å². The first-order valence-electron chi connectivity index (χ1n) is 8.03. The lowest BCUT2D eigenvalue weighted by atomic mass is 10.1. The van der Waals surface area contributed by atoms with E-state index in [1.54, 1.807) is 24.3 Å². The lowest BCUT2D eigenvalue weighted by Gasteiger charge is -2.13. The topological polar surface area (TPSA) is 118 Å². The molecular weight excluding hydrogens is 330 g/mol. The Morgan fingerprint density at radius 2 is 1.83 bits per heavy atom. The average molecular weight is 353 g/mol. The lowest BCUT2D eigenvalue weighted by molar-refractivity contribution is -0.113. The van der Waals surface area contributed by atoms with Crippen molar-refractivity contribution in [2.45, 2.75) is 30.9 Å². The van der Waals surface area contributed by atoms with Crippen LogP contribution in [0.3, 0.4) is 0 Å². The molecule has 0 unspecified atom stereocenters. The van der Waals surface area contributed by atoms with Crippen LogP contribution >= 0.6 is 0 Å². The molecule has 2 rings (SSSR count). The molecule has 7 nitrogen and oxygen atoms in total. The van der Waals surface area contributed by atoms with Crippen molar-refractivity contribution in [3.63, 3.8) is 0 Å². The van der Waals surface area contributed by atoms with E-state index >= 15 is 0 Å². The Labute approximate surface area is 141 Å². The molecular formula is C16H23N3O4S. The Morgan fingerprint density at radius 1 is 1.17 bits per heavy atom. The van der Waals surface area contributed by atoms with Gasteiger partial charge in [-0.2, -0.15) is 0 Å². The first kappa shape index (κ1) is 18.4. The zero-order valence-electron chi connectivity index (χ0n) is 13.5. The van der Waals surface area contributed by atoms with E-state index in [-0.39, 0.29) is 11.5 Å². The summed E-state index contributed by atoms with van der Waals surface area (Å²) in [5.74, 6) is -1.55. The van der Waals surface area contributed by atoms with Crippen LogP contribution in [0.25, 0.3) is 0 Å². The van der Waals surface area contributed by atoms with Crippen molar-refractivity contribution in [2.24, 2.45) is 5.73 Å². The molecule has 132 valence electrons. The van der Waals surface area contributed by atoms with Crippen LogP contribution in [-0.2, 0) is 14.6 Å². The van der Waals surface area contributed by atoms with Gasteiger partial charge in [-0.05, 0) is 25.0 Å². The van der Waals surface area contributed by atoms with Crippen molar-refractivity contribution in [2.75, 3.05) is 24.2 Å².